The number of amides is 1. The van der Waals surface area contributed by atoms with Crippen LogP contribution < -0.4 is 10.1 Å². The van der Waals surface area contributed by atoms with Gasteiger partial charge in [-0.05, 0) is 92.0 Å². The molecule has 2 atom stereocenters. The van der Waals surface area contributed by atoms with E-state index in [1.807, 2.05) is 17.2 Å². The molecule has 0 bridgehead atoms. The minimum absolute atomic E-state index is 0.0132. The van der Waals surface area contributed by atoms with Crippen molar-refractivity contribution < 1.29 is 18.7 Å². The smallest absolute Gasteiger partial charge is 0.257 e. The number of fused-ring (bicyclic) bond motifs is 5. The average Bonchev–Trinajstić information content (AvgIpc) is 3.95. The highest BCUT2D eigenvalue weighted by atomic mass is 32.1. The van der Waals surface area contributed by atoms with Gasteiger partial charge in [-0.15, -0.1) is 21.5 Å². The predicted octanol–water partition coefficient (Wildman–Crippen LogP) is 7.47. The fourth-order valence-electron chi connectivity index (χ4n) is 8.30. The van der Waals surface area contributed by atoms with E-state index in [0.29, 0.717) is 23.3 Å². The summed E-state index contributed by atoms with van der Waals surface area (Å²) in [5.74, 6) is 3.31. The van der Waals surface area contributed by atoms with E-state index in [9.17, 15) is 4.79 Å². The Morgan fingerprint density at radius 1 is 1.08 bits per heavy atom. The van der Waals surface area contributed by atoms with Crippen molar-refractivity contribution in [1.82, 2.24) is 25.1 Å². The van der Waals surface area contributed by atoms with Crippen LogP contribution in [-0.4, -0.2) is 57.8 Å². The topological polar surface area (TPSA) is 116 Å². The Bertz CT molecular complexity index is 2050. The highest BCUT2D eigenvalue weighted by Gasteiger charge is 2.45. The van der Waals surface area contributed by atoms with Crippen molar-refractivity contribution in [1.29, 1.82) is 0 Å². The van der Waals surface area contributed by atoms with Gasteiger partial charge in [-0.2, -0.15) is 0 Å². The summed E-state index contributed by atoms with van der Waals surface area (Å²) in [6, 6.07) is 10.7. The van der Waals surface area contributed by atoms with Crippen molar-refractivity contribution >= 4 is 33.1 Å². The van der Waals surface area contributed by atoms with Crippen LogP contribution in [0.3, 0.4) is 0 Å². The molecule has 1 aromatic carbocycles. The quantitative estimate of drug-likeness (QED) is 0.181. The molecule has 4 aromatic heterocycles. The van der Waals surface area contributed by atoms with E-state index in [1.165, 1.54) is 11.1 Å². The molecular weight excluding hydrogens is 625 g/mol. The molecule has 246 valence electrons. The molecule has 48 heavy (non-hydrogen) atoms. The van der Waals surface area contributed by atoms with Crippen molar-refractivity contribution in [2.75, 3.05) is 32.2 Å². The number of ether oxygens (including phenoxy) is 2. The molecule has 11 heteroatoms. The Balaban J connectivity index is 1.19. The third-order valence-corrected chi connectivity index (χ3v) is 11.8. The van der Waals surface area contributed by atoms with Gasteiger partial charge in [0.25, 0.3) is 5.91 Å². The maximum absolute atomic E-state index is 14.2. The van der Waals surface area contributed by atoms with Crippen molar-refractivity contribution in [3.05, 3.63) is 70.5 Å². The van der Waals surface area contributed by atoms with Gasteiger partial charge in [-0.3, -0.25) is 9.78 Å². The van der Waals surface area contributed by atoms with Crippen LogP contribution in [0.5, 0.6) is 5.75 Å². The number of rotatable bonds is 8. The molecule has 0 saturated carbocycles. The number of carbonyl (C=O) groups is 1. The molecule has 1 N–H and O–H groups in total. The zero-order valence-electron chi connectivity index (χ0n) is 27.3. The van der Waals surface area contributed by atoms with Crippen LogP contribution in [0.2, 0.25) is 0 Å². The number of thiophene rings is 1. The Labute approximate surface area is 282 Å². The van der Waals surface area contributed by atoms with Gasteiger partial charge in [-0.1, -0.05) is 12.1 Å². The molecular formula is C37H38N6O4S. The molecule has 2 saturated heterocycles. The summed E-state index contributed by atoms with van der Waals surface area (Å²) in [6.07, 6.45) is 9.58. The zero-order valence-corrected chi connectivity index (χ0v) is 28.1. The summed E-state index contributed by atoms with van der Waals surface area (Å²) in [6.45, 7) is 4.17. The van der Waals surface area contributed by atoms with Crippen LogP contribution in [0, 0.1) is 12.8 Å². The second-order valence-electron chi connectivity index (χ2n) is 13.4. The first-order chi connectivity index (χ1) is 23.6. The Morgan fingerprint density at radius 2 is 1.98 bits per heavy atom. The molecule has 0 radical (unpaired) electrons. The minimum atomic E-state index is 0.0132. The number of hydrogen-bond acceptors (Lipinski definition) is 10. The summed E-state index contributed by atoms with van der Waals surface area (Å²) in [5.41, 5.74) is 6.70. The maximum atomic E-state index is 14.2. The number of nitrogens with one attached hydrogen (secondary N) is 1. The number of pyridine rings is 2. The van der Waals surface area contributed by atoms with Gasteiger partial charge in [0.05, 0.1) is 46.4 Å². The van der Waals surface area contributed by atoms with E-state index in [2.05, 4.69) is 39.8 Å². The molecule has 7 heterocycles. The zero-order chi connectivity index (χ0) is 32.4. The fraction of sp³-hybridized carbons (Fsp3) is 0.432. The van der Waals surface area contributed by atoms with Crippen molar-refractivity contribution in [3.8, 4) is 27.6 Å². The van der Waals surface area contributed by atoms with Gasteiger partial charge in [0.2, 0.25) is 11.8 Å². The van der Waals surface area contributed by atoms with Crippen molar-refractivity contribution in [3.63, 3.8) is 0 Å². The summed E-state index contributed by atoms with van der Waals surface area (Å²) in [7, 11) is 1.73. The summed E-state index contributed by atoms with van der Waals surface area (Å²) < 4.78 is 18.5. The molecule has 0 spiro atoms. The predicted molar refractivity (Wildman–Crippen MR) is 183 cm³/mol. The lowest BCUT2D eigenvalue weighted by atomic mass is 9.90. The van der Waals surface area contributed by atoms with Gasteiger partial charge in [-0.25, -0.2) is 4.98 Å². The third kappa shape index (κ3) is 4.89. The SMILES string of the molecule is COc1cccc2c1CC[C@H]2Nc1nccc2cc(-c3c4c(nc(CCC5CCOCC5)c3-c3nnc(C)o3)C3CCCN3C4=O)sc12. The molecule has 5 aromatic rings. The molecule has 4 aliphatic rings. The maximum Gasteiger partial charge on any atom is 0.257 e. The Morgan fingerprint density at radius 3 is 2.81 bits per heavy atom. The number of carbonyl (C=O) groups excluding carboxylic acids is 1. The second kappa shape index (κ2) is 12.0. The average molecular weight is 663 g/mol. The normalized spacial score (nSPS) is 20.4. The number of methoxy groups -OCH3 is 1. The van der Waals surface area contributed by atoms with E-state index in [0.717, 1.165) is 120 Å². The van der Waals surface area contributed by atoms with Crippen molar-refractivity contribution in [2.24, 2.45) is 5.92 Å². The molecule has 1 unspecified atom stereocenters. The number of aryl methyl sites for hydroxylation is 2. The Kier molecular flexibility index (Phi) is 7.42. The van der Waals surface area contributed by atoms with Crippen LogP contribution in [-0.2, 0) is 17.6 Å². The molecule has 10 nitrogen and oxygen atoms in total. The fourth-order valence-corrected chi connectivity index (χ4v) is 9.46. The first-order valence-corrected chi connectivity index (χ1v) is 18.0. The molecule has 9 rings (SSSR count). The highest BCUT2D eigenvalue weighted by molar-refractivity contribution is 7.23. The van der Waals surface area contributed by atoms with Gasteiger partial charge in [0.15, 0.2) is 0 Å². The summed E-state index contributed by atoms with van der Waals surface area (Å²) in [4.78, 5) is 27.4. The number of hydrogen-bond donors (Lipinski definition) is 1. The number of nitrogens with zero attached hydrogens (tertiary/aromatic N) is 5. The number of aromatic nitrogens is 4. The van der Waals surface area contributed by atoms with Gasteiger partial charge >= 0.3 is 0 Å². The van der Waals surface area contributed by atoms with E-state index in [1.54, 1.807) is 25.4 Å². The van der Waals surface area contributed by atoms with Crippen LogP contribution in [0.1, 0.15) is 89.4 Å². The number of anilines is 1. The van der Waals surface area contributed by atoms with Gasteiger partial charge in [0, 0.05) is 43.3 Å². The van der Waals surface area contributed by atoms with Crippen LogP contribution in [0.15, 0.2) is 40.9 Å². The molecule has 1 aliphatic carbocycles. The lowest BCUT2D eigenvalue weighted by Crippen LogP contribution is -2.22. The lowest BCUT2D eigenvalue weighted by molar-refractivity contribution is 0.0639. The van der Waals surface area contributed by atoms with Crippen molar-refractivity contribution in [2.45, 2.75) is 70.4 Å². The van der Waals surface area contributed by atoms with E-state index in [-0.39, 0.29) is 18.0 Å². The van der Waals surface area contributed by atoms with Gasteiger partial charge in [0.1, 0.15) is 11.6 Å². The first kappa shape index (κ1) is 29.8. The van der Waals surface area contributed by atoms with Crippen LogP contribution in [0.4, 0.5) is 5.82 Å². The second-order valence-corrected chi connectivity index (χ2v) is 14.5. The molecule has 2 fully saturated rings. The Hall–Kier alpha value is -4.35. The van der Waals surface area contributed by atoms with Crippen LogP contribution in [0.25, 0.3) is 32.0 Å². The molecule has 3 aliphatic heterocycles. The molecule has 1 amide bonds. The minimum Gasteiger partial charge on any atom is -0.496 e. The van der Waals surface area contributed by atoms with Crippen LogP contribution >= 0.6 is 11.3 Å². The highest BCUT2D eigenvalue weighted by Crippen LogP contribution is 2.51. The third-order valence-electron chi connectivity index (χ3n) is 10.7. The standard InChI is InChI=1S/C37H38N6O4S/c1-20-41-42-36(47-20)30-26(10-8-21-13-17-46-18-14-21)39-33-27-6-4-16-43(27)37(44)32(33)31(30)29-19-22-12-15-38-35(34(22)48-29)40-25-11-9-24-23(25)5-3-7-28(24)45-2/h3,5,7,12,15,19,21,25,27H,4,6,8-11,13-14,16-18H2,1-2H3,(H,38,40)/t25-,27?/m1/s1. The largest absolute Gasteiger partial charge is 0.496 e. The lowest BCUT2D eigenvalue weighted by Gasteiger charge is -2.22. The van der Waals surface area contributed by atoms with Gasteiger partial charge < -0.3 is 24.1 Å². The monoisotopic (exact) mass is 662 g/mol. The van der Waals surface area contributed by atoms with E-state index in [4.69, 9.17) is 23.9 Å². The van der Waals surface area contributed by atoms with E-state index >= 15 is 0 Å². The summed E-state index contributed by atoms with van der Waals surface area (Å²) in [5, 5.41) is 13.6. The number of benzene rings is 1. The summed E-state index contributed by atoms with van der Waals surface area (Å²) >= 11 is 1.66. The first-order valence-electron chi connectivity index (χ1n) is 17.1. The van der Waals surface area contributed by atoms with E-state index < -0.39 is 0 Å².